The van der Waals surface area contributed by atoms with E-state index in [4.69, 9.17) is 14.6 Å². The van der Waals surface area contributed by atoms with Crippen LogP contribution in [-0.4, -0.2) is 57.6 Å². The zero-order valence-electron chi connectivity index (χ0n) is 16.7. The number of methoxy groups -OCH3 is 2. The summed E-state index contributed by atoms with van der Waals surface area (Å²) in [5.41, 5.74) is 0.942. The van der Waals surface area contributed by atoms with Crippen molar-refractivity contribution in [1.82, 2.24) is 19.6 Å². The molecule has 1 N–H and O–H groups in total. The van der Waals surface area contributed by atoms with Gasteiger partial charge in [-0.3, -0.25) is 0 Å². The second kappa shape index (κ2) is 8.75. The van der Waals surface area contributed by atoms with Crippen molar-refractivity contribution in [2.75, 3.05) is 32.2 Å². The van der Waals surface area contributed by atoms with Gasteiger partial charge in [0, 0.05) is 25.6 Å². The van der Waals surface area contributed by atoms with E-state index in [-0.39, 0.29) is 6.61 Å². The van der Waals surface area contributed by atoms with Crippen LogP contribution in [0.5, 0.6) is 5.75 Å². The number of aliphatic hydroxyl groups is 1. The Morgan fingerprint density at radius 3 is 2.83 bits per heavy atom. The molecule has 3 aromatic rings. The Morgan fingerprint density at radius 2 is 2.13 bits per heavy atom. The lowest BCUT2D eigenvalue weighted by Crippen LogP contribution is -2.34. The Morgan fingerprint density at radius 1 is 1.23 bits per heavy atom. The topological polar surface area (TPSA) is 93.5 Å². The van der Waals surface area contributed by atoms with Crippen molar-refractivity contribution in [2.45, 2.75) is 18.6 Å². The molecule has 30 heavy (non-hydrogen) atoms. The minimum atomic E-state index is -0.571. The van der Waals surface area contributed by atoms with Gasteiger partial charge in [0.15, 0.2) is 16.6 Å². The Labute approximate surface area is 178 Å². The van der Waals surface area contributed by atoms with Crippen molar-refractivity contribution in [3.05, 3.63) is 47.8 Å². The molecule has 1 aliphatic rings. The van der Waals surface area contributed by atoms with Gasteiger partial charge in [0.25, 0.3) is 0 Å². The van der Waals surface area contributed by atoms with Crippen LogP contribution in [0.2, 0.25) is 0 Å². The van der Waals surface area contributed by atoms with Gasteiger partial charge in [-0.2, -0.15) is 4.37 Å². The summed E-state index contributed by atoms with van der Waals surface area (Å²) >= 11 is 1.19. The van der Waals surface area contributed by atoms with E-state index in [0.717, 1.165) is 30.1 Å². The van der Waals surface area contributed by atoms with Gasteiger partial charge in [0.2, 0.25) is 0 Å². The highest BCUT2D eigenvalue weighted by atomic mass is 32.1. The molecule has 4 rings (SSSR count). The molecule has 0 amide bonds. The SMILES string of the molecule is COc1cccc(C#CC2(OC)CCN(c3ccc(-c4nc(CO)ns4)nn3)C2)c1. The van der Waals surface area contributed by atoms with E-state index in [9.17, 15) is 0 Å². The number of ether oxygens (including phenoxy) is 2. The minimum Gasteiger partial charge on any atom is -0.497 e. The molecule has 1 aromatic carbocycles. The zero-order valence-corrected chi connectivity index (χ0v) is 17.5. The van der Waals surface area contributed by atoms with Crippen LogP contribution in [0.1, 0.15) is 17.8 Å². The molecule has 1 aliphatic heterocycles. The number of aliphatic hydroxyl groups excluding tert-OH is 1. The molecule has 0 saturated carbocycles. The third-order valence-corrected chi connectivity index (χ3v) is 5.71. The summed E-state index contributed by atoms with van der Waals surface area (Å²) in [4.78, 5) is 6.33. The lowest BCUT2D eigenvalue weighted by Gasteiger charge is -2.22. The molecule has 0 aliphatic carbocycles. The predicted molar refractivity (Wildman–Crippen MR) is 113 cm³/mol. The number of hydrogen-bond donors (Lipinski definition) is 1. The lowest BCUT2D eigenvalue weighted by atomic mass is 10.0. The van der Waals surface area contributed by atoms with Crippen LogP contribution in [-0.2, 0) is 11.3 Å². The standard InChI is InChI=1S/C21H21N5O3S/c1-28-16-5-3-4-15(12-16)8-9-21(29-2)10-11-26(14-21)19-7-6-17(23-24-19)20-22-18(13-27)25-30-20/h3-7,12,27H,10-11,13-14H2,1-2H3. The number of rotatable bonds is 5. The van der Waals surface area contributed by atoms with Gasteiger partial charge in [-0.1, -0.05) is 17.9 Å². The molecule has 0 bridgehead atoms. The maximum Gasteiger partial charge on any atom is 0.168 e. The van der Waals surface area contributed by atoms with Gasteiger partial charge in [0.1, 0.15) is 23.7 Å². The van der Waals surface area contributed by atoms with Crippen LogP contribution in [0.25, 0.3) is 10.7 Å². The lowest BCUT2D eigenvalue weighted by molar-refractivity contribution is 0.0602. The molecule has 1 unspecified atom stereocenters. The van der Waals surface area contributed by atoms with E-state index in [1.165, 1.54) is 11.5 Å². The van der Waals surface area contributed by atoms with Gasteiger partial charge in [-0.15, -0.1) is 10.2 Å². The Hall–Kier alpha value is -3.06. The van der Waals surface area contributed by atoms with Crippen molar-refractivity contribution in [3.8, 4) is 28.3 Å². The first-order chi connectivity index (χ1) is 14.6. The first kappa shape index (κ1) is 20.2. The Balaban J connectivity index is 1.49. The van der Waals surface area contributed by atoms with Crippen LogP contribution in [0, 0.1) is 11.8 Å². The van der Waals surface area contributed by atoms with E-state index >= 15 is 0 Å². The molecule has 1 fully saturated rings. The van der Waals surface area contributed by atoms with Crippen molar-refractivity contribution >= 4 is 17.4 Å². The van der Waals surface area contributed by atoms with Crippen molar-refractivity contribution < 1.29 is 14.6 Å². The molecule has 8 nitrogen and oxygen atoms in total. The first-order valence-electron chi connectivity index (χ1n) is 9.39. The molecule has 9 heteroatoms. The molecule has 154 valence electrons. The number of anilines is 1. The summed E-state index contributed by atoms with van der Waals surface area (Å²) in [6.07, 6.45) is 0.764. The molecular weight excluding hydrogens is 402 g/mol. The van der Waals surface area contributed by atoms with E-state index < -0.39 is 5.60 Å². The average Bonchev–Trinajstić information content (AvgIpc) is 3.46. The predicted octanol–water partition coefficient (Wildman–Crippen LogP) is 2.14. The summed E-state index contributed by atoms with van der Waals surface area (Å²) in [6.45, 7) is 1.18. The van der Waals surface area contributed by atoms with Gasteiger partial charge in [0.05, 0.1) is 13.7 Å². The summed E-state index contributed by atoms with van der Waals surface area (Å²) in [6, 6.07) is 11.4. The average molecular weight is 423 g/mol. The third-order valence-electron chi connectivity index (χ3n) is 4.93. The summed E-state index contributed by atoms with van der Waals surface area (Å²) < 4.78 is 15.1. The highest BCUT2D eigenvalue weighted by Gasteiger charge is 2.37. The summed E-state index contributed by atoms with van der Waals surface area (Å²) in [5, 5.41) is 18.4. The quantitative estimate of drug-likeness (QED) is 0.624. The normalized spacial score (nSPS) is 18.2. The van der Waals surface area contributed by atoms with E-state index in [1.54, 1.807) is 14.2 Å². The molecule has 3 heterocycles. The zero-order chi connectivity index (χ0) is 21.0. The van der Waals surface area contributed by atoms with Gasteiger partial charge < -0.3 is 19.5 Å². The van der Waals surface area contributed by atoms with E-state index in [2.05, 4.69) is 36.3 Å². The molecular formula is C21H21N5O3S. The molecule has 0 radical (unpaired) electrons. The van der Waals surface area contributed by atoms with Crippen molar-refractivity contribution in [3.63, 3.8) is 0 Å². The van der Waals surface area contributed by atoms with Crippen molar-refractivity contribution in [2.24, 2.45) is 0 Å². The van der Waals surface area contributed by atoms with Crippen LogP contribution in [0.15, 0.2) is 36.4 Å². The fraction of sp³-hybridized carbons (Fsp3) is 0.333. The van der Waals surface area contributed by atoms with Gasteiger partial charge in [-0.25, -0.2) is 4.98 Å². The van der Waals surface area contributed by atoms with Gasteiger partial charge in [-0.05, 0) is 41.9 Å². The molecule has 2 aromatic heterocycles. The summed E-state index contributed by atoms with van der Waals surface area (Å²) in [7, 11) is 3.33. The molecule has 1 atom stereocenters. The Bertz CT molecular complexity index is 1080. The highest BCUT2D eigenvalue weighted by Crippen LogP contribution is 2.29. The van der Waals surface area contributed by atoms with Crippen LogP contribution >= 0.6 is 11.5 Å². The molecule has 1 saturated heterocycles. The largest absolute Gasteiger partial charge is 0.497 e. The van der Waals surface area contributed by atoms with E-state index in [0.29, 0.717) is 23.1 Å². The van der Waals surface area contributed by atoms with Gasteiger partial charge >= 0.3 is 0 Å². The third kappa shape index (κ3) is 4.26. The monoisotopic (exact) mass is 423 g/mol. The second-order valence-corrected chi connectivity index (χ2v) is 7.55. The number of aromatic nitrogens is 4. The fourth-order valence-electron chi connectivity index (χ4n) is 3.21. The Kier molecular flexibility index (Phi) is 5.90. The number of benzene rings is 1. The number of nitrogens with zero attached hydrogens (tertiary/aromatic N) is 5. The maximum atomic E-state index is 9.11. The number of hydrogen-bond acceptors (Lipinski definition) is 9. The molecule has 0 spiro atoms. The maximum absolute atomic E-state index is 9.11. The fourth-order valence-corrected chi connectivity index (χ4v) is 3.85. The first-order valence-corrected chi connectivity index (χ1v) is 10.2. The minimum absolute atomic E-state index is 0.189. The smallest absolute Gasteiger partial charge is 0.168 e. The highest BCUT2D eigenvalue weighted by molar-refractivity contribution is 7.09. The van der Waals surface area contributed by atoms with E-state index in [1.807, 2.05) is 36.4 Å². The van der Waals surface area contributed by atoms with Crippen LogP contribution in [0.3, 0.4) is 0 Å². The van der Waals surface area contributed by atoms with Crippen LogP contribution in [0.4, 0.5) is 5.82 Å². The van der Waals surface area contributed by atoms with Crippen molar-refractivity contribution in [1.29, 1.82) is 0 Å². The second-order valence-electron chi connectivity index (χ2n) is 6.80. The van der Waals surface area contributed by atoms with Crippen LogP contribution < -0.4 is 9.64 Å². The summed E-state index contributed by atoms with van der Waals surface area (Å²) in [5.74, 6) is 8.43.